The second-order valence-electron chi connectivity index (χ2n) is 3.73. The lowest BCUT2D eigenvalue weighted by molar-refractivity contribution is 0.00842. The van der Waals surface area contributed by atoms with Crippen molar-refractivity contribution in [2.75, 3.05) is 13.2 Å². The van der Waals surface area contributed by atoms with Crippen LogP contribution in [0.15, 0.2) is 24.3 Å². The summed E-state index contributed by atoms with van der Waals surface area (Å²) in [7, 11) is 0. The minimum absolute atomic E-state index is 0.663. The largest absolute Gasteiger partial charge is 0.380 e. The summed E-state index contributed by atoms with van der Waals surface area (Å²) in [5.41, 5.74) is 2.89. The fraction of sp³-hybridized carbons (Fsp3) is 0.500. The van der Waals surface area contributed by atoms with Crippen molar-refractivity contribution in [1.82, 2.24) is 0 Å². The van der Waals surface area contributed by atoms with Gasteiger partial charge in [-0.2, -0.15) is 0 Å². The molecule has 0 amide bonds. The quantitative estimate of drug-likeness (QED) is 0.688. The molecule has 1 aliphatic heterocycles. The standard InChI is InChI=1S/C12H16O/c1-2-3-10-4-6-11(7-5-10)12-8-13-9-12/h4-7,12H,2-3,8-9H2,1H3. The van der Waals surface area contributed by atoms with E-state index in [1.54, 1.807) is 0 Å². The maximum atomic E-state index is 5.17. The third kappa shape index (κ3) is 1.92. The van der Waals surface area contributed by atoms with Gasteiger partial charge in [-0.1, -0.05) is 37.6 Å². The molecule has 70 valence electrons. The predicted molar refractivity (Wildman–Crippen MR) is 54.0 cm³/mol. The fourth-order valence-corrected chi connectivity index (χ4v) is 1.67. The van der Waals surface area contributed by atoms with Crippen LogP contribution in [0.2, 0.25) is 0 Å². The summed E-state index contributed by atoms with van der Waals surface area (Å²) in [4.78, 5) is 0. The van der Waals surface area contributed by atoms with Crippen LogP contribution in [0.25, 0.3) is 0 Å². The lowest BCUT2D eigenvalue weighted by Gasteiger charge is -2.26. The number of ether oxygens (including phenoxy) is 1. The summed E-state index contributed by atoms with van der Waals surface area (Å²) < 4.78 is 5.17. The molecule has 1 aromatic rings. The van der Waals surface area contributed by atoms with Gasteiger partial charge < -0.3 is 4.74 Å². The predicted octanol–water partition coefficient (Wildman–Crippen LogP) is 2.75. The van der Waals surface area contributed by atoms with E-state index in [0.717, 1.165) is 13.2 Å². The van der Waals surface area contributed by atoms with Crippen LogP contribution in [-0.4, -0.2) is 13.2 Å². The highest BCUT2D eigenvalue weighted by Gasteiger charge is 2.19. The summed E-state index contributed by atoms with van der Waals surface area (Å²) >= 11 is 0. The molecule has 1 aliphatic rings. The molecule has 0 aliphatic carbocycles. The summed E-state index contributed by atoms with van der Waals surface area (Å²) in [6.45, 7) is 4.04. The molecule has 1 heteroatoms. The van der Waals surface area contributed by atoms with Crippen molar-refractivity contribution in [3.05, 3.63) is 35.4 Å². The monoisotopic (exact) mass is 176 g/mol. The molecular weight excluding hydrogens is 160 g/mol. The van der Waals surface area contributed by atoms with Crippen molar-refractivity contribution in [3.63, 3.8) is 0 Å². The Morgan fingerprint density at radius 3 is 2.38 bits per heavy atom. The fourth-order valence-electron chi connectivity index (χ4n) is 1.67. The van der Waals surface area contributed by atoms with Crippen LogP contribution in [0.1, 0.15) is 30.4 Å². The van der Waals surface area contributed by atoms with Gasteiger partial charge in [-0.3, -0.25) is 0 Å². The maximum absolute atomic E-state index is 5.17. The Morgan fingerprint density at radius 2 is 1.92 bits per heavy atom. The Bertz CT molecular complexity index is 259. The number of rotatable bonds is 3. The Hall–Kier alpha value is -0.820. The first-order chi connectivity index (χ1) is 6.40. The number of aryl methyl sites for hydroxylation is 1. The lowest BCUT2D eigenvalue weighted by Crippen LogP contribution is -2.24. The third-order valence-corrected chi connectivity index (χ3v) is 2.63. The average Bonchev–Trinajstić information content (AvgIpc) is 2.06. The summed E-state index contributed by atoms with van der Waals surface area (Å²) in [6.07, 6.45) is 2.42. The van der Waals surface area contributed by atoms with Gasteiger partial charge in [-0.05, 0) is 17.5 Å². The zero-order valence-electron chi connectivity index (χ0n) is 8.12. The maximum Gasteiger partial charge on any atom is 0.0557 e. The van der Waals surface area contributed by atoms with Crippen LogP contribution in [0, 0.1) is 0 Å². The summed E-state index contributed by atoms with van der Waals surface area (Å²) in [5.74, 6) is 0.663. The van der Waals surface area contributed by atoms with E-state index >= 15 is 0 Å². The van der Waals surface area contributed by atoms with Gasteiger partial charge in [0.2, 0.25) is 0 Å². The molecule has 0 saturated carbocycles. The molecule has 0 aromatic heterocycles. The van der Waals surface area contributed by atoms with Gasteiger partial charge in [0, 0.05) is 5.92 Å². The molecule has 1 fully saturated rings. The molecule has 0 atom stereocenters. The SMILES string of the molecule is CCCc1ccc(C2COC2)cc1. The normalized spacial score (nSPS) is 17.0. The highest BCUT2D eigenvalue weighted by molar-refractivity contribution is 5.26. The lowest BCUT2D eigenvalue weighted by atomic mass is 9.96. The van der Waals surface area contributed by atoms with Gasteiger partial charge in [-0.15, -0.1) is 0 Å². The van der Waals surface area contributed by atoms with Crippen molar-refractivity contribution in [2.45, 2.75) is 25.7 Å². The molecule has 1 nitrogen and oxygen atoms in total. The minimum Gasteiger partial charge on any atom is -0.380 e. The first-order valence-corrected chi connectivity index (χ1v) is 5.06. The minimum atomic E-state index is 0.663. The van der Waals surface area contributed by atoms with Gasteiger partial charge in [0.05, 0.1) is 13.2 Å². The first kappa shape index (κ1) is 8.76. The molecule has 0 spiro atoms. The topological polar surface area (TPSA) is 9.23 Å². The van der Waals surface area contributed by atoms with E-state index < -0.39 is 0 Å². The molecule has 0 radical (unpaired) electrons. The van der Waals surface area contributed by atoms with Crippen LogP contribution in [-0.2, 0) is 11.2 Å². The van der Waals surface area contributed by atoms with E-state index in [-0.39, 0.29) is 0 Å². The van der Waals surface area contributed by atoms with E-state index in [4.69, 9.17) is 4.74 Å². The number of benzene rings is 1. The highest BCUT2D eigenvalue weighted by Crippen LogP contribution is 2.24. The van der Waals surface area contributed by atoms with Gasteiger partial charge in [-0.25, -0.2) is 0 Å². The Morgan fingerprint density at radius 1 is 1.23 bits per heavy atom. The Kier molecular flexibility index (Phi) is 2.65. The zero-order chi connectivity index (χ0) is 9.10. The molecule has 1 saturated heterocycles. The molecule has 0 bridgehead atoms. The molecule has 1 heterocycles. The van der Waals surface area contributed by atoms with E-state index in [2.05, 4.69) is 31.2 Å². The molecular formula is C12H16O. The second kappa shape index (κ2) is 3.93. The first-order valence-electron chi connectivity index (χ1n) is 5.06. The summed E-state index contributed by atoms with van der Waals surface area (Å²) in [5, 5.41) is 0. The molecule has 1 aromatic carbocycles. The van der Waals surface area contributed by atoms with Crippen molar-refractivity contribution in [3.8, 4) is 0 Å². The number of hydrogen-bond acceptors (Lipinski definition) is 1. The van der Waals surface area contributed by atoms with Crippen LogP contribution in [0.3, 0.4) is 0 Å². The van der Waals surface area contributed by atoms with Gasteiger partial charge in [0.15, 0.2) is 0 Å². The molecule has 0 unspecified atom stereocenters. The van der Waals surface area contributed by atoms with E-state index in [1.165, 1.54) is 24.0 Å². The van der Waals surface area contributed by atoms with Crippen molar-refractivity contribution < 1.29 is 4.74 Å². The zero-order valence-corrected chi connectivity index (χ0v) is 8.12. The van der Waals surface area contributed by atoms with E-state index in [0.29, 0.717) is 5.92 Å². The molecule has 13 heavy (non-hydrogen) atoms. The average molecular weight is 176 g/mol. The van der Waals surface area contributed by atoms with Crippen molar-refractivity contribution in [2.24, 2.45) is 0 Å². The van der Waals surface area contributed by atoms with Gasteiger partial charge >= 0.3 is 0 Å². The van der Waals surface area contributed by atoms with Gasteiger partial charge in [0.25, 0.3) is 0 Å². The van der Waals surface area contributed by atoms with Crippen LogP contribution in [0.4, 0.5) is 0 Å². The van der Waals surface area contributed by atoms with Gasteiger partial charge in [0.1, 0.15) is 0 Å². The smallest absolute Gasteiger partial charge is 0.0557 e. The Labute approximate surface area is 79.7 Å². The second-order valence-corrected chi connectivity index (χ2v) is 3.73. The van der Waals surface area contributed by atoms with Crippen molar-refractivity contribution in [1.29, 1.82) is 0 Å². The van der Waals surface area contributed by atoms with E-state index in [9.17, 15) is 0 Å². The van der Waals surface area contributed by atoms with Crippen LogP contribution >= 0.6 is 0 Å². The number of hydrogen-bond donors (Lipinski definition) is 0. The van der Waals surface area contributed by atoms with E-state index in [1.807, 2.05) is 0 Å². The summed E-state index contributed by atoms with van der Waals surface area (Å²) in [6, 6.07) is 8.99. The highest BCUT2D eigenvalue weighted by atomic mass is 16.5. The Balaban J connectivity index is 2.04. The third-order valence-electron chi connectivity index (χ3n) is 2.63. The molecule has 0 N–H and O–H groups in total. The van der Waals surface area contributed by atoms with Crippen LogP contribution in [0.5, 0.6) is 0 Å². The van der Waals surface area contributed by atoms with Crippen LogP contribution < -0.4 is 0 Å². The van der Waals surface area contributed by atoms with Crippen molar-refractivity contribution >= 4 is 0 Å². The molecule has 2 rings (SSSR count).